The van der Waals surface area contributed by atoms with Crippen LogP contribution in [-0.4, -0.2) is 52.2 Å². The molecule has 1 heterocycles. The van der Waals surface area contributed by atoms with Gasteiger partial charge in [0.15, 0.2) is 0 Å². The smallest absolute Gasteiger partial charge is 0.344 e. The van der Waals surface area contributed by atoms with Crippen molar-refractivity contribution in [1.29, 1.82) is 0 Å². The van der Waals surface area contributed by atoms with Crippen LogP contribution in [0.25, 0.3) is 5.70 Å². The van der Waals surface area contributed by atoms with Crippen LogP contribution < -0.4 is 5.32 Å². The molecule has 0 saturated carbocycles. The van der Waals surface area contributed by atoms with Crippen LogP contribution in [0.15, 0.2) is 47.8 Å². The molecule has 0 spiro atoms. The van der Waals surface area contributed by atoms with Crippen LogP contribution >= 0.6 is 12.6 Å². The number of likely N-dealkylation sites (N-methyl/N-ethyl adjacent to an activating group) is 1. The Bertz CT molecular complexity index is 1160. The number of hydrogen-bond acceptors (Lipinski definition) is 4. The minimum absolute atomic E-state index is 0.00813. The van der Waals surface area contributed by atoms with Gasteiger partial charge in [0, 0.05) is 30.4 Å². The van der Waals surface area contributed by atoms with Crippen molar-refractivity contribution in [2.75, 3.05) is 12.4 Å². The lowest BCUT2D eigenvalue weighted by atomic mass is 9.77. The van der Waals surface area contributed by atoms with Crippen molar-refractivity contribution < 1.29 is 53.5 Å². The zero-order valence-corrected chi connectivity index (χ0v) is 21.6. The van der Waals surface area contributed by atoms with E-state index in [2.05, 4.69) is 29.5 Å². The molecule has 1 aromatic heterocycles. The lowest BCUT2D eigenvalue weighted by Crippen LogP contribution is -2.58. The van der Waals surface area contributed by atoms with Crippen LogP contribution in [0.4, 0.5) is 49.7 Å². The Morgan fingerprint density at radius 2 is 1.56 bits per heavy atom. The third-order valence-electron chi connectivity index (χ3n) is 5.48. The standard InChI is InChI=1S/C21H17F10N3O2S.C2H6/c1-9-6-12(18(22,20(26,27)28)21(29,30)31)8-13(19(23,24)25)15(9)34(3)10(2)11-4-5-32-14(7-11)33-16(35)17(36)37;1-2/h4-7,12H,2,8H2,1,3H3,(H,36,37)(H,32,33,35);1-2H3. The Morgan fingerprint density at radius 1 is 1.05 bits per heavy atom. The van der Waals surface area contributed by atoms with E-state index in [4.69, 9.17) is 0 Å². The van der Waals surface area contributed by atoms with E-state index in [-0.39, 0.29) is 23.2 Å². The zero-order chi connectivity index (χ0) is 30.7. The summed E-state index contributed by atoms with van der Waals surface area (Å²) in [5, 5.41) is 0.875. The van der Waals surface area contributed by atoms with Crippen molar-refractivity contribution in [3.63, 3.8) is 0 Å². The van der Waals surface area contributed by atoms with Crippen molar-refractivity contribution in [1.82, 2.24) is 9.88 Å². The van der Waals surface area contributed by atoms with E-state index in [0.717, 1.165) is 31.1 Å². The van der Waals surface area contributed by atoms with E-state index in [9.17, 15) is 53.5 Å². The summed E-state index contributed by atoms with van der Waals surface area (Å²) in [5.41, 5.74) is -9.58. The normalized spacial score (nSPS) is 16.6. The lowest BCUT2D eigenvalue weighted by Gasteiger charge is -2.40. The van der Waals surface area contributed by atoms with Gasteiger partial charge in [0.05, 0.1) is 11.3 Å². The molecule has 1 amide bonds. The Labute approximate surface area is 222 Å². The summed E-state index contributed by atoms with van der Waals surface area (Å²) in [5.74, 6) is -4.68. The second kappa shape index (κ2) is 12.0. The van der Waals surface area contributed by atoms with Crippen LogP contribution in [0.5, 0.6) is 0 Å². The molecule has 1 aromatic rings. The average Bonchev–Trinajstić information content (AvgIpc) is 2.81. The summed E-state index contributed by atoms with van der Waals surface area (Å²) in [6.07, 6.45) is -19.3. The Kier molecular flexibility index (Phi) is 10.5. The molecule has 0 aromatic carbocycles. The topological polar surface area (TPSA) is 62.3 Å². The second-order valence-electron chi connectivity index (χ2n) is 7.89. The number of halogens is 10. The minimum Gasteiger partial charge on any atom is -0.344 e. The highest BCUT2D eigenvalue weighted by molar-refractivity contribution is 7.98. The number of alkyl halides is 10. The molecule has 218 valence electrons. The molecule has 0 radical (unpaired) electrons. The van der Waals surface area contributed by atoms with Crippen molar-refractivity contribution >= 4 is 35.2 Å². The van der Waals surface area contributed by atoms with Gasteiger partial charge in [-0.15, -0.1) is 0 Å². The molecular weight excluding hydrogens is 572 g/mol. The van der Waals surface area contributed by atoms with E-state index in [0.29, 0.717) is 0 Å². The highest BCUT2D eigenvalue weighted by Gasteiger charge is 2.76. The number of anilines is 1. The van der Waals surface area contributed by atoms with Crippen molar-refractivity contribution in [2.45, 2.75) is 51.4 Å². The Morgan fingerprint density at radius 3 is 2.00 bits per heavy atom. The fourth-order valence-electron chi connectivity index (χ4n) is 3.72. The van der Waals surface area contributed by atoms with Gasteiger partial charge in [-0.05, 0) is 31.1 Å². The van der Waals surface area contributed by atoms with E-state index >= 15 is 0 Å². The molecule has 1 unspecified atom stereocenters. The maximum Gasteiger partial charge on any atom is 0.432 e. The highest BCUT2D eigenvalue weighted by Crippen LogP contribution is 2.55. The summed E-state index contributed by atoms with van der Waals surface area (Å²) in [7, 11) is 1.01. The van der Waals surface area contributed by atoms with Crippen molar-refractivity contribution in [3.05, 3.63) is 53.4 Å². The Hall–Kier alpha value is -3.04. The van der Waals surface area contributed by atoms with Gasteiger partial charge in [-0.2, -0.15) is 39.5 Å². The van der Waals surface area contributed by atoms with Gasteiger partial charge in [-0.1, -0.05) is 39.1 Å². The average molecular weight is 596 g/mol. The van der Waals surface area contributed by atoms with E-state index in [1.807, 2.05) is 13.8 Å². The van der Waals surface area contributed by atoms with Gasteiger partial charge >= 0.3 is 30.1 Å². The number of allylic oxidation sites excluding steroid dienone is 3. The van der Waals surface area contributed by atoms with Gasteiger partial charge in [0.25, 0.3) is 5.12 Å². The minimum atomic E-state index is -6.55. The van der Waals surface area contributed by atoms with Gasteiger partial charge in [-0.25, -0.2) is 9.37 Å². The number of nitrogens with zero attached hydrogens (tertiary/aromatic N) is 2. The van der Waals surface area contributed by atoms with Crippen molar-refractivity contribution in [3.8, 4) is 0 Å². The lowest BCUT2D eigenvalue weighted by molar-refractivity contribution is -0.353. The summed E-state index contributed by atoms with van der Waals surface area (Å²) < 4.78 is 136. The summed E-state index contributed by atoms with van der Waals surface area (Å²) in [6, 6.07) is 2.31. The summed E-state index contributed by atoms with van der Waals surface area (Å²) >= 11 is 3.31. The molecule has 1 atom stereocenters. The number of thiol groups is 1. The summed E-state index contributed by atoms with van der Waals surface area (Å²) in [4.78, 5) is 26.9. The van der Waals surface area contributed by atoms with Gasteiger partial charge in [-0.3, -0.25) is 9.59 Å². The first-order valence-corrected chi connectivity index (χ1v) is 11.3. The predicted molar refractivity (Wildman–Crippen MR) is 126 cm³/mol. The molecule has 5 nitrogen and oxygen atoms in total. The molecular formula is C23H23F10N3O2S. The molecule has 2 rings (SSSR count). The van der Waals surface area contributed by atoms with Crippen LogP contribution in [0.2, 0.25) is 0 Å². The van der Waals surface area contributed by atoms with E-state index in [1.54, 1.807) is 0 Å². The van der Waals surface area contributed by atoms with Crippen molar-refractivity contribution in [2.24, 2.45) is 5.92 Å². The number of hydrogen-bond donors (Lipinski definition) is 2. The predicted octanol–water partition coefficient (Wildman–Crippen LogP) is 7.02. The quantitative estimate of drug-likeness (QED) is 0.211. The zero-order valence-electron chi connectivity index (χ0n) is 20.7. The molecule has 39 heavy (non-hydrogen) atoms. The summed E-state index contributed by atoms with van der Waals surface area (Å²) in [6.45, 7) is 8.40. The largest absolute Gasteiger partial charge is 0.432 e. The maximum absolute atomic E-state index is 14.6. The SMILES string of the molecule is C=C(c1ccnc(NC(=O)C(=O)S)c1)N(C)C1=C(C(F)(F)F)CC(C(F)(C(F)(F)F)C(F)(F)F)C=C1C.CC. The molecule has 16 heteroatoms. The molecule has 1 aliphatic rings. The molecule has 0 fully saturated rings. The van der Waals surface area contributed by atoms with E-state index < -0.39 is 64.4 Å². The maximum atomic E-state index is 14.6. The molecule has 0 saturated heterocycles. The van der Waals surface area contributed by atoms with Gasteiger partial charge in [0.2, 0.25) is 0 Å². The number of amides is 1. The highest BCUT2D eigenvalue weighted by atomic mass is 32.1. The molecule has 1 aliphatic carbocycles. The third kappa shape index (κ3) is 7.13. The number of nitrogens with one attached hydrogen (secondary N) is 1. The first kappa shape index (κ1) is 34.0. The first-order valence-electron chi connectivity index (χ1n) is 10.9. The fourth-order valence-corrected chi connectivity index (χ4v) is 3.78. The number of carbonyl (C=O) groups excluding carboxylic acids is 2. The molecule has 1 N–H and O–H groups in total. The van der Waals surface area contributed by atoms with Crippen LogP contribution in [-0.2, 0) is 9.59 Å². The van der Waals surface area contributed by atoms with Gasteiger partial charge in [0.1, 0.15) is 5.82 Å². The third-order valence-corrected chi connectivity index (χ3v) is 5.69. The van der Waals surface area contributed by atoms with Crippen LogP contribution in [0.3, 0.4) is 0 Å². The van der Waals surface area contributed by atoms with Gasteiger partial charge < -0.3 is 10.2 Å². The fraction of sp³-hybridized carbons (Fsp3) is 0.435. The Balaban J connectivity index is 0.00000371. The first-order chi connectivity index (χ1) is 17.6. The number of aromatic nitrogens is 1. The number of carbonyl (C=O) groups is 2. The molecule has 0 aliphatic heterocycles. The molecule has 0 bridgehead atoms. The second-order valence-corrected chi connectivity index (χ2v) is 8.29. The number of pyridine rings is 1. The monoisotopic (exact) mass is 595 g/mol. The van der Waals surface area contributed by atoms with E-state index in [1.165, 1.54) is 6.07 Å². The van der Waals surface area contributed by atoms with Crippen LogP contribution in [0, 0.1) is 5.92 Å². The number of rotatable bonds is 6. The van der Waals surface area contributed by atoms with Crippen LogP contribution in [0.1, 0.15) is 32.8 Å².